The van der Waals surface area contributed by atoms with Crippen LogP contribution in [0, 0.1) is 0 Å². The molecule has 1 N–H and O–H groups in total. The van der Waals surface area contributed by atoms with Crippen LogP contribution in [0.4, 0.5) is 0 Å². The Morgan fingerprint density at radius 1 is 1.33 bits per heavy atom. The summed E-state index contributed by atoms with van der Waals surface area (Å²) in [5.41, 5.74) is 0.663. The molecule has 0 saturated heterocycles. The van der Waals surface area contributed by atoms with Crippen LogP contribution in [-0.4, -0.2) is 35.6 Å². The number of aliphatic hydroxyl groups excluding tert-OH is 1. The highest BCUT2D eigenvalue weighted by Crippen LogP contribution is 2.42. The summed E-state index contributed by atoms with van der Waals surface area (Å²) in [5.74, 6) is 0.169. The molecule has 1 aliphatic carbocycles. The van der Waals surface area contributed by atoms with E-state index in [4.69, 9.17) is 11.6 Å². The first-order chi connectivity index (χ1) is 9.95. The van der Waals surface area contributed by atoms with Crippen molar-refractivity contribution in [1.82, 2.24) is 4.90 Å². The first kappa shape index (κ1) is 16.3. The van der Waals surface area contributed by atoms with Crippen molar-refractivity contribution in [3.63, 3.8) is 0 Å². The number of aliphatic hydroxyl groups is 1. The molecular formula is C17H24ClNO2. The Balaban J connectivity index is 2.21. The van der Waals surface area contributed by atoms with Gasteiger partial charge in [-0.1, -0.05) is 36.6 Å². The Hall–Kier alpha value is -1.06. The van der Waals surface area contributed by atoms with Gasteiger partial charge < -0.3 is 10.0 Å². The number of halogens is 1. The maximum atomic E-state index is 13.0. The largest absolute Gasteiger partial charge is 0.393 e. The van der Waals surface area contributed by atoms with E-state index in [1.54, 1.807) is 11.8 Å². The lowest BCUT2D eigenvalue weighted by Crippen LogP contribution is -2.44. The van der Waals surface area contributed by atoms with Gasteiger partial charge in [0.2, 0.25) is 5.91 Å². The third-order valence-corrected chi connectivity index (χ3v) is 4.74. The Kier molecular flexibility index (Phi) is 5.28. The van der Waals surface area contributed by atoms with E-state index in [0.29, 0.717) is 18.0 Å². The van der Waals surface area contributed by atoms with Gasteiger partial charge in [0.05, 0.1) is 11.5 Å². The van der Waals surface area contributed by atoms with Crippen LogP contribution in [0.5, 0.6) is 0 Å². The fourth-order valence-electron chi connectivity index (χ4n) is 3.22. The zero-order valence-electron chi connectivity index (χ0n) is 12.8. The second kappa shape index (κ2) is 6.80. The smallest absolute Gasteiger partial charge is 0.232 e. The molecule has 1 amide bonds. The number of likely N-dealkylation sites (N-methyl/N-ethyl adjacent to an activating group) is 1. The molecule has 0 aromatic heterocycles. The molecule has 0 radical (unpaired) electrons. The third kappa shape index (κ3) is 3.58. The Morgan fingerprint density at radius 3 is 2.43 bits per heavy atom. The van der Waals surface area contributed by atoms with Crippen molar-refractivity contribution in [2.45, 2.75) is 50.5 Å². The lowest BCUT2D eigenvalue weighted by Gasteiger charge is -2.33. The average molecular weight is 310 g/mol. The number of amides is 1. The number of benzene rings is 1. The molecule has 0 heterocycles. The van der Waals surface area contributed by atoms with Gasteiger partial charge in [-0.05, 0) is 43.9 Å². The van der Waals surface area contributed by atoms with Crippen molar-refractivity contribution in [2.24, 2.45) is 0 Å². The predicted molar refractivity (Wildman–Crippen MR) is 85.5 cm³/mol. The van der Waals surface area contributed by atoms with Gasteiger partial charge >= 0.3 is 0 Å². The highest BCUT2D eigenvalue weighted by atomic mass is 35.5. The van der Waals surface area contributed by atoms with E-state index < -0.39 is 5.41 Å². The Bertz CT molecular complexity index is 478. The summed E-state index contributed by atoms with van der Waals surface area (Å²) in [5, 5.41) is 10.1. The van der Waals surface area contributed by atoms with Gasteiger partial charge in [-0.25, -0.2) is 0 Å². The van der Waals surface area contributed by atoms with Gasteiger partial charge in [-0.3, -0.25) is 4.79 Å². The molecule has 0 aliphatic heterocycles. The van der Waals surface area contributed by atoms with Crippen LogP contribution in [0.25, 0.3) is 0 Å². The van der Waals surface area contributed by atoms with E-state index in [-0.39, 0.29) is 12.0 Å². The van der Waals surface area contributed by atoms with Crippen molar-refractivity contribution >= 4 is 17.5 Å². The molecule has 1 aromatic rings. The van der Waals surface area contributed by atoms with Gasteiger partial charge in [0, 0.05) is 18.6 Å². The van der Waals surface area contributed by atoms with E-state index in [9.17, 15) is 9.90 Å². The minimum Gasteiger partial charge on any atom is -0.393 e. The SMILES string of the molecule is CC(O)CCN(C)C(=O)C1(c2ccc(Cl)cc2)CCCC1. The van der Waals surface area contributed by atoms with Crippen LogP contribution in [0.1, 0.15) is 44.6 Å². The molecule has 1 atom stereocenters. The summed E-state index contributed by atoms with van der Waals surface area (Å²) < 4.78 is 0. The van der Waals surface area contributed by atoms with E-state index in [1.807, 2.05) is 31.3 Å². The maximum absolute atomic E-state index is 13.0. The minimum absolute atomic E-state index is 0.169. The van der Waals surface area contributed by atoms with Gasteiger partial charge in [0.1, 0.15) is 0 Å². The second-order valence-corrected chi connectivity index (χ2v) is 6.60. The predicted octanol–water partition coefficient (Wildman–Crippen LogP) is 3.38. The third-order valence-electron chi connectivity index (χ3n) is 4.49. The number of hydrogen-bond donors (Lipinski definition) is 1. The maximum Gasteiger partial charge on any atom is 0.232 e. The summed E-state index contributed by atoms with van der Waals surface area (Å²) in [6.45, 7) is 2.34. The van der Waals surface area contributed by atoms with Crippen LogP contribution in [0.2, 0.25) is 5.02 Å². The van der Waals surface area contributed by atoms with Crippen molar-refractivity contribution in [2.75, 3.05) is 13.6 Å². The summed E-state index contributed by atoms with van der Waals surface area (Å²) in [7, 11) is 1.83. The molecule has 1 aliphatic rings. The normalized spacial score (nSPS) is 18.5. The van der Waals surface area contributed by atoms with Gasteiger partial charge in [0.15, 0.2) is 0 Å². The summed E-state index contributed by atoms with van der Waals surface area (Å²) in [6, 6.07) is 7.68. The number of nitrogens with zero attached hydrogens (tertiary/aromatic N) is 1. The average Bonchev–Trinajstić information content (AvgIpc) is 2.95. The van der Waals surface area contributed by atoms with Crippen molar-refractivity contribution in [3.05, 3.63) is 34.9 Å². The Morgan fingerprint density at radius 2 is 1.90 bits per heavy atom. The molecule has 2 rings (SSSR count). The first-order valence-electron chi connectivity index (χ1n) is 7.65. The van der Waals surface area contributed by atoms with Crippen LogP contribution in [0.3, 0.4) is 0 Å². The molecule has 3 nitrogen and oxygen atoms in total. The van der Waals surface area contributed by atoms with Crippen LogP contribution in [0.15, 0.2) is 24.3 Å². The second-order valence-electron chi connectivity index (χ2n) is 6.16. The van der Waals surface area contributed by atoms with Crippen molar-refractivity contribution in [3.8, 4) is 0 Å². The van der Waals surface area contributed by atoms with E-state index in [2.05, 4.69) is 0 Å². The summed E-state index contributed by atoms with van der Waals surface area (Å²) >= 11 is 5.97. The topological polar surface area (TPSA) is 40.5 Å². The van der Waals surface area contributed by atoms with Crippen LogP contribution in [-0.2, 0) is 10.2 Å². The van der Waals surface area contributed by atoms with Crippen molar-refractivity contribution in [1.29, 1.82) is 0 Å². The number of hydrogen-bond acceptors (Lipinski definition) is 2. The molecule has 1 unspecified atom stereocenters. The van der Waals surface area contributed by atoms with E-state index in [0.717, 1.165) is 31.2 Å². The summed E-state index contributed by atoms with van der Waals surface area (Å²) in [4.78, 5) is 14.7. The van der Waals surface area contributed by atoms with E-state index in [1.165, 1.54) is 0 Å². The zero-order valence-corrected chi connectivity index (χ0v) is 13.6. The highest BCUT2D eigenvalue weighted by molar-refractivity contribution is 6.30. The molecule has 116 valence electrons. The van der Waals surface area contributed by atoms with Gasteiger partial charge in [-0.2, -0.15) is 0 Å². The fourth-order valence-corrected chi connectivity index (χ4v) is 3.35. The number of rotatable bonds is 5. The molecule has 1 aromatic carbocycles. The van der Waals surface area contributed by atoms with Gasteiger partial charge in [-0.15, -0.1) is 0 Å². The monoisotopic (exact) mass is 309 g/mol. The Labute approximate surface area is 131 Å². The quantitative estimate of drug-likeness (QED) is 0.906. The summed E-state index contributed by atoms with van der Waals surface area (Å²) in [6.07, 6.45) is 4.19. The lowest BCUT2D eigenvalue weighted by atomic mass is 9.77. The molecule has 1 fully saturated rings. The van der Waals surface area contributed by atoms with Gasteiger partial charge in [0.25, 0.3) is 0 Å². The molecule has 1 saturated carbocycles. The number of carbonyl (C=O) groups excluding carboxylic acids is 1. The lowest BCUT2D eigenvalue weighted by molar-refractivity contribution is -0.136. The van der Waals surface area contributed by atoms with Crippen LogP contribution < -0.4 is 0 Å². The zero-order chi connectivity index (χ0) is 15.5. The highest BCUT2D eigenvalue weighted by Gasteiger charge is 2.44. The molecule has 21 heavy (non-hydrogen) atoms. The molecule has 0 bridgehead atoms. The molecule has 4 heteroatoms. The number of carbonyl (C=O) groups is 1. The standard InChI is InChI=1S/C17H24ClNO2/c1-13(20)9-12-19(2)16(21)17(10-3-4-11-17)14-5-7-15(18)8-6-14/h5-8,13,20H,3-4,9-12H2,1-2H3. The van der Waals surface area contributed by atoms with Crippen molar-refractivity contribution < 1.29 is 9.90 Å². The fraction of sp³-hybridized carbons (Fsp3) is 0.588. The van der Waals surface area contributed by atoms with E-state index >= 15 is 0 Å². The molecule has 0 spiro atoms. The minimum atomic E-state index is -0.405. The first-order valence-corrected chi connectivity index (χ1v) is 8.03. The van der Waals surface area contributed by atoms with Crippen LogP contribution >= 0.6 is 11.6 Å². The molecular weight excluding hydrogens is 286 g/mol.